The van der Waals surface area contributed by atoms with Gasteiger partial charge >= 0.3 is 0 Å². The summed E-state index contributed by atoms with van der Waals surface area (Å²) in [7, 11) is 0. The van der Waals surface area contributed by atoms with Gasteiger partial charge in [0.05, 0.1) is 10.3 Å². The molecule has 4 unspecified atom stereocenters. The van der Waals surface area contributed by atoms with Crippen LogP contribution >= 0.6 is 50.7 Å². The molecular weight excluding hydrogens is 306 g/mol. The predicted octanol–water partition coefficient (Wildman–Crippen LogP) is 4.91. The van der Waals surface area contributed by atoms with Crippen LogP contribution in [0.1, 0.15) is 26.7 Å². The number of halogens is 4. The van der Waals surface area contributed by atoms with Gasteiger partial charge in [-0.3, -0.25) is 0 Å². The summed E-state index contributed by atoms with van der Waals surface area (Å²) in [6.45, 7) is 4.13. The van der Waals surface area contributed by atoms with E-state index in [9.17, 15) is 0 Å². The van der Waals surface area contributed by atoms with Crippen molar-refractivity contribution < 1.29 is 0 Å². The van der Waals surface area contributed by atoms with Gasteiger partial charge in [0, 0.05) is 9.86 Å². The maximum atomic E-state index is 6.35. The molecule has 0 saturated heterocycles. The number of hydrogen-bond donors (Lipinski definition) is 0. The van der Waals surface area contributed by atoms with Crippen LogP contribution in [-0.2, 0) is 0 Å². The Morgan fingerprint density at radius 3 is 2.50 bits per heavy atom. The molecule has 1 fully saturated rings. The van der Waals surface area contributed by atoms with E-state index in [4.69, 9.17) is 34.8 Å². The van der Waals surface area contributed by atoms with E-state index in [2.05, 4.69) is 22.9 Å². The lowest BCUT2D eigenvalue weighted by molar-refractivity contribution is 0.303. The fraction of sp³-hybridized carbons (Fsp3) is 0.800. The van der Waals surface area contributed by atoms with Crippen molar-refractivity contribution in [1.29, 1.82) is 0 Å². The van der Waals surface area contributed by atoms with E-state index in [1.807, 2.05) is 13.0 Å². The molecule has 0 aromatic carbocycles. The summed E-state index contributed by atoms with van der Waals surface area (Å²) in [5.74, 6) is 0.342. The smallest absolute Gasteiger partial charge is 0.0595 e. The molecule has 82 valence electrons. The monoisotopic (exact) mass is 318 g/mol. The molecule has 1 saturated carbocycles. The van der Waals surface area contributed by atoms with Crippen molar-refractivity contribution in [2.75, 3.05) is 0 Å². The van der Waals surface area contributed by atoms with Gasteiger partial charge in [0.25, 0.3) is 0 Å². The molecule has 0 aromatic rings. The fourth-order valence-corrected chi connectivity index (χ4v) is 3.89. The highest BCUT2D eigenvalue weighted by Gasteiger charge is 2.47. The minimum Gasteiger partial charge on any atom is -0.121 e. The summed E-state index contributed by atoms with van der Waals surface area (Å²) in [6.07, 6.45) is 3.67. The van der Waals surface area contributed by atoms with Crippen LogP contribution in [0.5, 0.6) is 0 Å². The van der Waals surface area contributed by atoms with E-state index in [-0.39, 0.29) is 14.6 Å². The Morgan fingerprint density at radius 2 is 2.00 bits per heavy atom. The summed E-state index contributed by atoms with van der Waals surface area (Å²) >= 11 is 21.9. The van der Waals surface area contributed by atoms with Gasteiger partial charge in [-0.25, -0.2) is 0 Å². The minimum absolute atomic E-state index is 0.00680. The molecule has 0 heterocycles. The molecule has 0 amide bonds. The molecule has 0 radical (unpaired) electrons. The van der Waals surface area contributed by atoms with Gasteiger partial charge in [0.1, 0.15) is 0 Å². The zero-order valence-electron chi connectivity index (χ0n) is 8.24. The standard InChI is InChI=1S/C10H14BrCl3/c1-9(11)6-10(2,14)8(13)5-7(9)3-4-12/h3-4,7-8H,5-6H2,1-2H3. The van der Waals surface area contributed by atoms with Gasteiger partial charge in [-0.2, -0.15) is 0 Å². The summed E-state index contributed by atoms with van der Waals surface area (Å²) in [6, 6.07) is 0. The average molecular weight is 320 g/mol. The Labute approximate surface area is 109 Å². The molecule has 0 spiro atoms. The Bertz CT molecular complexity index is 236. The summed E-state index contributed by atoms with van der Waals surface area (Å²) < 4.78 is -0.0136. The first-order chi connectivity index (χ1) is 6.29. The highest BCUT2D eigenvalue weighted by Crippen LogP contribution is 2.49. The van der Waals surface area contributed by atoms with Gasteiger partial charge in [-0.15, -0.1) is 23.2 Å². The average Bonchev–Trinajstić information content (AvgIpc) is 1.99. The second-order valence-corrected chi connectivity index (χ2v) is 7.81. The van der Waals surface area contributed by atoms with E-state index in [1.165, 1.54) is 0 Å². The molecule has 0 bridgehead atoms. The topological polar surface area (TPSA) is 0 Å². The first kappa shape index (κ1) is 13.2. The van der Waals surface area contributed by atoms with E-state index in [0.717, 1.165) is 12.8 Å². The number of hydrogen-bond acceptors (Lipinski definition) is 0. The number of allylic oxidation sites excluding steroid dienone is 1. The third-order valence-corrected chi connectivity index (χ3v) is 5.07. The van der Waals surface area contributed by atoms with Crippen LogP contribution in [0, 0.1) is 5.92 Å². The van der Waals surface area contributed by atoms with Crippen molar-refractivity contribution in [3.63, 3.8) is 0 Å². The fourth-order valence-electron chi connectivity index (χ4n) is 2.00. The maximum Gasteiger partial charge on any atom is 0.0595 e. The van der Waals surface area contributed by atoms with Gasteiger partial charge in [0.2, 0.25) is 0 Å². The molecule has 0 N–H and O–H groups in total. The number of alkyl halides is 3. The molecule has 0 aromatic heterocycles. The lowest BCUT2D eigenvalue weighted by Crippen LogP contribution is -2.47. The van der Waals surface area contributed by atoms with Gasteiger partial charge < -0.3 is 0 Å². The third kappa shape index (κ3) is 2.81. The SMILES string of the molecule is CC1(Cl)CC(C)(Br)C(C=CCl)CC1Cl. The van der Waals surface area contributed by atoms with Gasteiger partial charge in [0.15, 0.2) is 0 Å². The maximum absolute atomic E-state index is 6.35. The zero-order chi connectivity index (χ0) is 11.0. The molecule has 1 aliphatic carbocycles. The minimum atomic E-state index is -0.337. The van der Waals surface area contributed by atoms with Crippen LogP contribution in [0.2, 0.25) is 0 Å². The van der Waals surface area contributed by atoms with Crippen molar-refractivity contribution >= 4 is 50.7 Å². The van der Waals surface area contributed by atoms with E-state index >= 15 is 0 Å². The van der Waals surface area contributed by atoms with Crippen LogP contribution in [0.4, 0.5) is 0 Å². The van der Waals surface area contributed by atoms with Crippen LogP contribution < -0.4 is 0 Å². The van der Waals surface area contributed by atoms with E-state index in [1.54, 1.807) is 5.54 Å². The van der Waals surface area contributed by atoms with Crippen molar-refractivity contribution in [3.8, 4) is 0 Å². The summed E-state index contributed by atoms with van der Waals surface area (Å²) in [4.78, 5) is -0.337. The van der Waals surface area contributed by atoms with Crippen molar-refractivity contribution in [1.82, 2.24) is 0 Å². The molecule has 4 heteroatoms. The lowest BCUT2D eigenvalue weighted by Gasteiger charge is -2.45. The number of rotatable bonds is 1. The molecule has 0 nitrogen and oxygen atoms in total. The first-order valence-electron chi connectivity index (χ1n) is 4.58. The molecule has 0 aliphatic heterocycles. The van der Waals surface area contributed by atoms with Crippen molar-refractivity contribution in [2.45, 2.75) is 41.3 Å². The van der Waals surface area contributed by atoms with Gasteiger partial charge in [-0.05, 0) is 32.6 Å². The van der Waals surface area contributed by atoms with Crippen LogP contribution in [-0.4, -0.2) is 14.6 Å². The van der Waals surface area contributed by atoms with Crippen LogP contribution in [0.25, 0.3) is 0 Å². The Morgan fingerprint density at radius 1 is 1.43 bits per heavy atom. The second kappa shape index (κ2) is 4.53. The van der Waals surface area contributed by atoms with E-state index < -0.39 is 0 Å². The molecule has 1 rings (SSSR count). The Balaban J connectivity index is 2.85. The summed E-state index contributed by atoms with van der Waals surface area (Å²) in [5.41, 5.74) is 1.56. The zero-order valence-corrected chi connectivity index (χ0v) is 12.1. The molecule has 14 heavy (non-hydrogen) atoms. The molecule has 4 atom stereocenters. The van der Waals surface area contributed by atoms with Crippen LogP contribution in [0.3, 0.4) is 0 Å². The van der Waals surface area contributed by atoms with Crippen molar-refractivity contribution in [2.24, 2.45) is 5.92 Å². The largest absolute Gasteiger partial charge is 0.121 e. The van der Waals surface area contributed by atoms with Crippen LogP contribution in [0.15, 0.2) is 11.6 Å². The highest BCUT2D eigenvalue weighted by molar-refractivity contribution is 9.10. The van der Waals surface area contributed by atoms with E-state index in [0.29, 0.717) is 5.92 Å². The second-order valence-electron chi connectivity index (χ2n) is 4.36. The lowest BCUT2D eigenvalue weighted by atomic mass is 9.74. The Kier molecular flexibility index (Phi) is 4.26. The quantitative estimate of drug-likeness (QED) is 0.602. The van der Waals surface area contributed by atoms with Gasteiger partial charge in [-0.1, -0.05) is 33.6 Å². The first-order valence-corrected chi connectivity index (χ1v) is 6.63. The summed E-state index contributed by atoms with van der Waals surface area (Å²) in [5, 5.41) is -0.00680. The molecular formula is C10H14BrCl3. The predicted molar refractivity (Wildman–Crippen MR) is 68.9 cm³/mol. The Hall–Kier alpha value is 1.09. The van der Waals surface area contributed by atoms with Crippen molar-refractivity contribution in [3.05, 3.63) is 11.6 Å². The highest BCUT2D eigenvalue weighted by atomic mass is 79.9. The molecule has 1 aliphatic rings. The third-order valence-electron chi connectivity index (χ3n) is 2.88. The normalized spacial score (nSPS) is 49.9.